The molecule has 1 aromatic rings. The fourth-order valence-electron chi connectivity index (χ4n) is 2.68. The molecule has 0 aliphatic heterocycles. The lowest BCUT2D eigenvalue weighted by atomic mass is 9.80. The zero-order valence-electron chi connectivity index (χ0n) is 12.1. The SMILES string of the molecule is COCc1nc(C2(OC)CCC(C)CC2)sc1C(=O)O. The van der Waals surface area contributed by atoms with Crippen molar-refractivity contribution in [3.05, 3.63) is 15.6 Å². The molecule has 0 aromatic carbocycles. The monoisotopic (exact) mass is 299 g/mol. The van der Waals surface area contributed by atoms with Gasteiger partial charge < -0.3 is 14.6 Å². The van der Waals surface area contributed by atoms with E-state index < -0.39 is 11.6 Å². The van der Waals surface area contributed by atoms with E-state index >= 15 is 0 Å². The van der Waals surface area contributed by atoms with E-state index in [1.165, 1.54) is 11.3 Å². The average molecular weight is 299 g/mol. The van der Waals surface area contributed by atoms with E-state index in [0.717, 1.165) is 30.7 Å². The topological polar surface area (TPSA) is 68.7 Å². The second-order valence-corrected chi connectivity index (χ2v) is 6.41. The van der Waals surface area contributed by atoms with Gasteiger partial charge in [0.05, 0.1) is 12.3 Å². The molecule has 1 aliphatic carbocycles. The molecule has 0 amide bonds. The first-order valence-electron chi connectivity index (χ1n) is 6.80. The Bertz CT molecular complexity index is 478. The van der Waals surface area contributed by atoms with Crippen LogP contribution in [0.4, 0.5) is 0 Å². The Labute approximate surface area is 122 Å². The highest BCUT2D eigenvalue weighted by Crippen LogP contribution is 2.44. The molecular weight excluding hydrogens is 278 g/mol. The van der Waals surface area contributed by atoms with Crippen molar-refractivity contribution in [3.8, 4) is 0 Å². The Morgan fingerprint density at radius 2 is 2.10 bits per heavy atom. The molecule has 1 saturated carbocycles. The lowest BCUT2D eigenvalue weighted by Gasteiger charge is -2.36. The fourth-order valence-corrected chi connectivity index (χ4v) is 3.81. The van der Waals surface area contributed by atoms with E-state index in [0.29, 0.717) is 11.6 Å². The Hall–Kier alpha value is -0.980. The molecule has 2 rings (SSSR count). The number of rotatable bonds is 5. The number of aromatic nitrogens is 1. The van der Waals surface area contributed by atoms with Crippen molar-refractivity contribution in [1.82, 2.24) is 4.98 Å². The quantitative estimate of drug-likeness (QED) is 0.905. The van der Waals surface area contributed by atoms with Gasteiger partial charge in [0.1, 0.15) is 15.5 Å². The minimum atomic E-state index is -0.948. The van der Waals surface area contributed by atoms with Gasteiger partial charge in [-0.25, -0.2) is 9.78 Å². The molecule has 1 N–H and O–H groups in total. The number of methoxy groups -OCH3 is 2. The molecular formula is C14H21NO4S. The molecule has 20 heavy (non-hydrogen) atoms. The summed E-state index contributed by atoms with van der Waals surface area (Å²) in [5, 5.41) is 10.1. The first kappa shape index (κ1) is 15.4. The summed E-state index contributed by atoms with van der Waals surface area (Å²) in [6.07, 6.45) is 3.94. The van der Waals surface area contributed by atoms with Crippen LogP contribution in [0.25, 0.3) is 0 Å². The van der Waals surface area contributed by atoms with Gasteiger partial charge in [0.2, 0.25) is 0 Å². The van der Waals surface area contributed by atoms with Crippen molar-refractivity contribution in [3.63, 3.8) is 0 Å². The highest BCUT2D eigenvalue weighted by molar-refractivity contribution is 7.13. The zero-order valence-corrected chi connectivity index (χ0v) is 13.0. The third-order valence-corrected chi connectivity index (χ3v) is 5.31. The van der Waals surface area contributed by atoms with Crippen molar-refractivity contribution in [2.24, 2.45) is 5.92 Å². The number of aromatic carboxylic acids is 1. The third-order valence-electron chi connectivity index (χ3n) is 4.04. The van der Waals surface area contributed by atoms with Gasteiger partial charge in [-0.1, -0.05) is 6.92 Å². The van der Waals surface area contributed by atoms with Gasteiger partial charge in [0, 0.05) is 14.2 Å². The molecule has 1 fully saturated rings. The van der Waals surface area contributed by atoms with Crippen LogP contribution in [-0.4, -0.2) is 30.3 Å². The third kappa shape index (κ3) is 2.87. The second-order valence-electron chi connectivity index (χ2n) is 5.41. The number of carboxylic acids is 1. The first-order valence-corrected chi connectivity index (χ1v) is 7.61. The summed E-state index contributed by atoms with van der Waals surface area (Å²) in [5.74, 6) is -0.258. The van der Waals surface area contributed by atoms with Crippen LogP contribution in [-0.2, 0) is 21.7 Å². The maximum Gasteiger partial charge on any atom is 0.347 e. The molecule has 0 unspecified atom stereocenters. The molecule has 1 heterocycles. The van der Waals surface area contributed by atoms with Crippen LogP contribution >= 0.6 is 11.3 Å². The van der Waals surface area contributed by atoms with E-state index in [9.17, 15) is 9.90 Å². The normalized spacial score (nSPS) is 26.6. The van der Waals surface area contributed by atoms with Gasteiger partial charge >= 0.3 is 5.97 Å². The van der Waals surface area contributed by atoms with Gasteiger partial charge in [-0.05, 0) is 31.6 Å². The summed E-state index contributed by atoms with van der Waals surface area (Å²) in [6.45, 7) is 2.45. The Morgan fingerprint density at radius 3 is 2.60 bits per heavy atom. The van der Waals surface area contributed by atoms with Crippen LogP contribution in [0.5, 0.6) is 0 Å². The van der Waals surface area contributed by atoms with Crippen molar-refractivity contribution in [1.29, 1.82) is 0 Å². The summed E-state index contributed by atoms with van der Waals surface area (Å²) in [4.78, 5) is 16.1. The van der Waals surface area contributed by atoms with Crippen molar-refractivity contribution in [2.45, 2.75) is 44.8 Å². The molecule has 0 saturated heterocycles. The van der Waals surface area contributed by atoms with Crippen LogP contribution in [0.3, 0.4) is 0 Å². The van der Waals surface area contributed by atoms with E-state index in [1.54, 1.807) is 14.2 Å². The first-order chi connectivity index (χ1) is 9.52. The largest absolute Gasteiger partial charge is 0.477 e. The van der Waals surface area contributed by atoms with Crippen LogP contribution < -0.4 is 0 Å². The highest BCUT2D eigenvalue weighted by atomic mass is 32.1. The lowest BCUT2D eigenvalue weighted by molar-refractivity contribution is -0.0532. The zero-order chi connectivity index (χ0) is 14.8. The maximum absolute atomic E-state index is 11.3. The molecule has 5 nitrogen and oxygen atoms in total. The number of ether oxygens (including phenoxy) is 2. The Morgan fingerprint density at radius 1 is 1.45 bits per heavy atom. The second kappa shape index (κ2) is 6.20. The van der Waals surface area contributed by atoms with E-state index in [-0.39, 0.29) is 11.5 Å². The number of carboxylic acid groups (broad SMARTS) is 1. The van der Waals surface area contributed by atoms with E-state index in [4.69, 9.17) is 9.47 Å². The smallest absolute Gasteiger partial charge is 0.347 e. The van der Waals surface area contributed by atoms with E-state index in [1.807, 2.05) is 0 Å². The molecule has 1 aromatic heterocycles. The summed E-state index contributed by atoms with van der Waals surface area (Å²) in [5.41, 5.74) is 0.0722. The molecule has 0 atom stereocenters. The van der Waals surface area contributed by atoms with Gasteiger partial charge in [0.25, 0.3) is 0 Å². The van der Waals surface area contributed by atoms with Crippen molar-refractivity contribution >= 4 is 17.3 Å². The van der Waals surface area contributed by atoms with E-state index in [2.05, 4.69) is 11.9 Å². The van der Waals surface area contributed by atoms with Crippen LogP contribution in [0, 0.1) is 5.92 Å². The number of thiazole rings is 1. The van der Waals surface area contributed by atoms with Crippen LogP contribution in [0.1, 0.15) is 53.0 Å². The number of hydrogen-bond donors (Lipinski definition) is 1. The minimum Gasteiger partial charge on any atom is -0.477 e. The summed E-state index contributed by atoms with van der Waals surface area (Å²) in [7, 11) is 3.23. The Kier molecular flexibility index (Phi) is 4.78. The van der Waals surface area contributed by atoms with Gasteiger partial charge in [0.15, 0.2) is 0 Å². The fraction of sp³-hybridized carbons (Fsp3) is 0.714. The predicted molar refractivity (Wildman–Crippen MR) is 76.1 cm³/mol. The van der Waals surface area contributed by atoms with Crippen molar-refractivity contribution in [2.75, 3.05) is 14.2 Å². The molecule has 0 radical (unpaired) electrons. The minimum absolute atomic E-state index is 0.217. The maximum atomic E-state index is 11.3. The number of nitrogens with zero attached hydrogens (tertiary/aromatic N) is 1. The Balaban J connectivity index is 2.35. The van der Waals surface area contributed by atoms with Gasteiger partial charge in [-0.3, -0.25) is 0 Å². The molecule has 112 valence electrons. The molecule has 0 spiro atoms. The molecule has 0 bridgehead atoms. The summed E-state index contributed by atoms with van der Waals surface area (Å²) in [6, 6.07) is 0. The molecule has 1 aliphatic rings. The summed E-state index contributed by atoms with van der Waals surface area (Å²) >= 11 is 1.22. The lowest BCUT2D eigenvalue weighted by Crippen LogP contribution is -2.33. The highest BCUT2D eigenvalue weighted by Gasteiger charge is 2.39. The van der Waals surface area contributed by atoms with Gasteiger partial charge in [-0.2, -0.15) is 0 Å². The standard InChI is InChI=1S/C14H21NO4S/c1-9-4-6-14(19-3,7-5-9)13-15-10(8-18-2)11(20-13)12(16)17/h9H,4-8H2,1-3H3,(H,16,17). The van der Waals surface area contributed by atoms with Gasteiger partial charge in [-0.15, -0.1) is 11.3 Å². The molecule has 6 heteroatoms. The number of carbonyl (C=O) groups is 1. The number of hydrogen-bond acceptors (Lipinski definition) is 5. The van der Waals surface area contributed by atoms with Crippen molar-refractivity contribution < 1.29 is 19.4 Å². The predicted octanol–water partition coefficient (Wildman–Crippen LogP) is 3.04. The van der Waals surface area contributed by atoms with Crippen LogP contribution in [0.2, 0.25) is 0 Å². The van der Waals surface area contributed by atoms with Crippen LogP contribution in [0.15, 0.2) is 0 Å². The summed E-state index contributed by atoms with van der Waals surface area (Å²) < 4.78 is 10.8. The average Bonchev–Trinajstić information content (AvgIpc) is 2.85.